The number of aromatic amines is 1. The molecule has 2 fully saturated rings. The first-order valence-electron chi connectivity index (χ1n) is 9.39. The van der Waals surface area contributed by atoms with Gasteiger partial charge < -0.3 is 24.8 Å². The summed E-state index contributed by atoms with van der Waals surface area (Å²) in [4.78, 5) is 26.0. The Labute approximate surface area is 162 Å². The summed E-state index contributed by atoms with van der Waals surface area (Å²) in [5, 5.41) is 16.4. The van der Waals surface area contributed by atoms with Crippen molar-refractivity contribution in [3.05, 3.63) is 23.6 Å². The van der Waals surface area contributed by atoms with Gasteiger partial charge in [-0.1, -0.05) is 5.16 Å². The molecular weight excluding hydrogens is 364 g/mol. The number of hydrogen-bond donors (Lipinski definition) is 3. The molecule has 0 radical (unpaired) electrons. The maximum atomic E-state index is 12.1. The quantitative estimate of drug-likeness (QED) is 0.660. The minimum Gasteiger partial charge on any atom is -0.447 e. The van der Waals surface area contributed by atoms with Gasteiger partial charge in [-0.15, -0.1) is 0 Å². The van der Waals surface area contributed by atoms with Crippen molar-refractivity contribution in [3.63, 3.8) is 0 Å². The highest BCUT2D eigenvalue weighted by Crippen LogP contribution is 2.34. The van der Waals surface area contributed by atoms with Crippen LogP contribution in [0.1, 0.15) is 37.6 Å². The second kappa shape index (κ2) is 7.17. The first kappa shape index (κ1) is 18.3. The third kappa shape index (κ3) is 4.26. The molecule has 1 atom stereocenters. The Balaban J connectivity index is 1.25. The molecule has 2 aromatic rings. The van der Waals surface area contributed by atoms with Crippen LogP contribution in [0.5, 0.6) is 0 Å². The summed E-state index contributed by atoms with van der Waals surface area (Å²) in [6.45, 7) is 4.94. The molecule has 0 bridgehead atoms. The van der Waals surface area contributed by atoms with Gasteiger partial charge in [0.15, 0.2) is 5.82 Å². The van der Waals surface area contributed by atoms with E-state index < -0.39 is 0 Å². The lowest BCUT2D eigenvalue weighted by Gasteiger charge is -2.40. The molecule has 28 heavy (non-hydrogen) atoms. The number of carbonyl (C=O) groups is 2. The zero-order chi connectivity index (χ0) is 19.7. The highest BCUT2D eigenvalue weighted by molar-refractivity contribution is 5.91. The Morgan fingerprint density at radius 1 is 1.43 bits per heavy atom. The molecule has 0 spiro atoms. The number of aryl methyl sites for hydroxylation is 1. The summed E-state index contributed by atoms with van der Waals surface area (Å²) >= 11 is 0. The molecule has 3 heterocycles. The van der Waals surface area contributed by atoms with Gasteiger partial charge in [0.2, 0.25) is 5.91 Å². The number of nitrogens with zero attached hydrogens (tertiary/aromatic N) is 3. The minimum absolute atomic E-state index is 0.0850. The van der Waals surface area contributed by atoms with E-state index in [4.69, 9.17) is 9.26 Å². The Kier molecular flexibility index (Phi) is 4.70. The topological polar surface area (TPSA) is 125 Å². The number of ether oxygens (including phenoxy) is 1. The molecular formula is C18H24N6O4. The van der Waals surface area contributed by atoms with Crippen LogP contribution >= 0.6 is 0 Å². The van der Waals surface area contributed by atoms with E-state index in [-0.39, 0.29) is 30.0 Å². The summed E-state index contributed by atoms with van der Waals surface area (Å²) in [6, 6.07) is 3.57. The SMILES string of the molecule is Cc1cc(CC(=O)Nc2cc(N3CCC3COC(=O)NC3(C)CC3)n[nH]2)on1. The van der Waals surface area contributed by atoms with Gasteiger partial charge in [-0.2, -0.15) is 5.10 Å². The molecule has 4 rings (SSSR count). The fraction of sp³-hybridized carbons (Fsp3) is 0.556. The average molecular weight is 388 g/mol. The number of nitrogens with one attached hydrogen (secondary N) is 3. The van der Waals surface area contributed by atoms with Crippen LogP contribution in [-0.2, 0) is 16.0 Å². The number of H-pyrrole nitrogens is 1. The lowest BCUT2D eigenvalue weighted by molar-refractivity contribution is -0.115. The number of amides is 2. The third-order valence-electron chi connectivity index (χ3n) is 5.10. The molecule has 1 unspecified atom stereocenters. The molecule has 2 amide bonds. The van der Waals surface area contributed by atoms with Gasteiger partial charge >= 0.3 is 6.09 Å². The van der Waals surface area contributed by atoms with E-state index >= 15 is 0 Å². The molecule has 10 heteroatoms. The van der Waals surface area contributed by atoms with Gasteiger partial charge in [0.05, 0.1) is 18.2 Å². The molecule has 1 saturated heterocycles. The van der Waals surface area contributed by atoms with Crippen LogP contribution in [0.3, 0.4) is 0 Å². The highest BCUT2D eigenvalue weighted by atomic mass is 16.5. The standard InChI is InChI=1S/C18H24N6O4/c1-11-7-13(28-23-11)8-16(25)19-14-9-15(22-21-14)24-6-3-12(24)10-27-17(26)20-18(2)4-5-18/h7,9,12H,3-6,8,10H2,1-2H3,(H,20,26)(H2,19,21,22,25). The van der Waals surface area contributed by atoms with E-state index in [2.05, 4.69) is 26.0 Å². The maximum absolute atomic E-state index is 12.1. The second-order valence-corrected chi connectivity index (χ2v) is 7.72. The highest BCUT2D eigenvalue weighted by Gasteiger charge is 2.39. The normalized spacial score (nSPS) is 19.6. The monoisotopic (exact) mass is 388 g/mol. The Hall–Kier alpha value is -3.04. The van der Waals surface area contributed by atoms with Gasteiger partial charge in [-0.05, 0) is 33.1 Å². The molecule has 0 aromatic carbocycles. The van der Waals surface area contributed by atoms with Crippen molar-refractivity contribution in [2.45, 2.75) is 51.1 Å². The number of alkyl carbamates (subject to hydrolysis) is 1. The smallest absolute Gasteiger partial charge is 0.407 e. The average Bonchev–Trinajstić information content (AvgIpc) is 2.97. The molecule has 1 aliphatic carbocycles. The summed E-state index contributed by atoms with van der Waals surface area (Å²) in [5.74, 6) is 1.50. The van der Waals surface area contributed by atoms with Crippen LogP contribution in [0.15, 0.2) is 16.7 Å². The van der Waals surface area contributed by atoms with Crippen LogP contribution in [-0.4, -0.2) is 52.1 Å². The van der Waals surface area contributed by atoms with Crippen molar-refractivity contribution in [2.24, 2.45) is 0 Å². The lowest BCUT2D eigenvalue weighted by Crippen LogP contribution is -2.51. The Morgan fingerprint density at radius 2 is 2.25 bits per heavy atom. The van der Waals surface area contributed by atoms with Gasteiger partial charge in [0.25, 0.3) is 0 Å². The second-order valence-electron chi connectivity index (χ2n) is 7.72. The Morgan fingerprint density at radius 3 is 2.89 bits per heavy atom. The fourth-order valence-electron chi connectivity index (χ4n) is 3.06. The molecule has 2 aromatic heterocycles. The van der Waals surface area contributed by atoms with Crippen LogP contribution in [0.25, 0.3) is 0 Å². The van der Waals surface area contributed by atoms with Gasteiger partial charge in [-0.3, -0.25) is 9.89 Å². The van der Waals surface area contributed by atoms with E-state index in [9.17, 15) is 9.59 Å². The third-order valence-corrected chi connectivity index (χ3v) is 5.10. The van der Waals surface area contributed by atoms with Crippen molar-refractivity contribution in [3.8, 4) is 0 Å². The summed E-state index contributed by atoms with van der Waals surface area (Å²) in [6.07, 6.45) is 2.64. The predicted molar refractivity (Wildman–Crippen MR) is 100 cm³/mol. The summed E-state index contributed by atoms with van der Waals surface area (Å²) in [7, 11) is 0. The molecule has 3 N–H and O–H groups in total. The van der Waals surface area contributed by atoms with E-state index in [1.54, 1.807) is 19.1 Å². The van der Waals surface area contributed by atoms with Gasteiger partial charge in [0.1, 0.15) is 18.2 Å². The van der Waals surface area contributed by atoms with Crippen LogP contribution in [0.2, 0.25) is 0 Å². The number of carbonyl (C=O) groups excluding carboxylic acids is 2. The van der Waals surface area contributed by atoms with Crippen LogP contribution in [0, 0.1) is 6.92 Å². The number of hydrogen-bond acceptors (Lipinski definition) is 7. The first-order valence-corrected chi connectivity index (χ1v) is 9.39. The van der Waals surface area contributed by atoms with Crippen LogP contribution < -0.4 is 15.5 Å². The largest absolute Gasteiger partial charge is 0.447 e. The zero-order valence-electron chi connectivity index (χ0n) is 15.9. The number of aromatic nitrogens is 3. The fourth-order valence-corrected chi connectivity index (χ4v) is 3.06. The van der Waals surface area contributed by atoms with Crippen molar-refractivity contribution >= 4 is 23.6 Å². The summed E-state index contributed by atoms with van der Waals surface area (Å²) < 4.78 is 10.4. The van der Waals surface area contributed by atoms with Gasteiger partial charge in [0, 0.05) is 24.2 Å². The predicted octanol–water partition coefficient (Wildman–Crippen LogP) is 1.74. The lowest BCUT2D eigenvalue weighted by atomic mass is 10.0. The summed E-state index contributed by atoms with van der Waals surface area (Å²) in [5.41, 5.74) is 0.647. The van der Waals surface area contributed by atoms with E-state index in [1.807, 2.05) is 11.8 Å². The number of anilines is 2. The minimum atomic E-state index is -0.371. The van der Waals surface area contributed by atoms with Crippen molar-refractivity contribution in [2.75, 3.05) is 23.4 Å². The van der Waals surface area contributed by atoms with Gasteiger partial charge in [-0.25, -0.2) is 4.79 Å². The molecule has 10 nitrogen and oxygen atoms in total. The first-order chi connectivity index (χ1) is 13.4. The van der Waals surface area contributed by atoms with Crippen molar-refractivity contribution < 1.29 is 18.8 Å². The van der Waals surface area contributed by atoms with Crippen LogP contribution in [0.4, 0.5) is 16.4 Å². The molecule has 2 aliphatic rings. The number of rotatable bonds is 7. The zero-order valence-corrected chi connectivity index (χ0v) is 15.9. The van der Waals surface area contributed by atoms with E-state index in [0.717, 1.165) is 31.5 Å². The maximum Gasteiger partial charge on any atom is 0.407 e. The van der Waals surface area contributed by atoms with E-state index in [0.29, 0.717) is 24.0 Å². The van der Waals surface area contributed by atoms with Crippen molar-refractivity contribution in [1.29, 1.82) is 0 Å². The van der Waals surface area contributed by atoms with Crippen molar-refractivity contribution in [1.82, 2.24) is 20.7 Å². The van der Waals surface area contributed by atoms with E-state index in [1.165, 1.54) is 0 Å². The molecule has 1 aliphatic heterocycles. The Bertz CT molecular complexity index is 871. The molecule has 1 saturated carbocycles. The molecule has 150 valence electrons.